The van der Waals surface area contributed by atoms with Gasteiger partial charge >= 0.3 is 5.97 Å². The maximum Gasteiger partial charge on any atom is 0.326 e. The van der Waals surface area contributed by atoms with Crippen molar-refractivity contribution >= 4 is 34.6 Å². The smallest absolute Gasteiger partial charge is 0.326 e. The van der Waals surface area contributed by atoms with Crippen molar-refractivity contribution in [2.24, 2.45) is 23.3 Å². The first-order valence-corrected chi connectivity index (χ1v) is 13.6. The van der Waals surface area contributed by atoms with Gasteiger partial charge in [0.2, 0.25) is 17.7 Å². The highest BCUT2D eigenvalue weighted by molar-refractivity contribution is 5.94. The number of hydrogen-bond acceptors (Lipinski definition) is 6. The molecule has 216 valence electrons. The number of carbonyl (C=O) groups excluding carboxylic acids is 3. The maximum absolute atomic E-state index is 13.3. The van der Waals surface area contributed by atoms with Crippen LogP contribution in [0.3, 0.4) is 0 Å². The van der Waals surface area contributed by atoms with Gasteiger partial charge in [-0.2, -0.15) is 0 Å². The molecule has 9 N–H and O–H groups in total. The molecule has 2 aromatic rings. The van der Waals surface area contributed by atoms with Crippen LogP contribution in [0, 0.1) is 11.8 Å². The Kier molecular flexibility index (Phi) is 12.4. The zero-order valence-corrected chi connectivity index (χ0v) is 23.3. The number of aromatic nitrogens is 1. The number of benzene rings is 1. The molecule has 0 fully saturated rings. The number of aliphatic carboxylic acids is 1. The summed E-state index contributed by atoms with van der Waals surface area (Å²) in [5.41, 5.74) is 13.6. The van der Waals surface area contributed by atoms with E-state index in [2.05, 4.69) is 20.9 Å². The standard InChI is InChI=1S/C28H44N6O5/c1-5-17(4)24(28(38)39)34-26(36)22(12-8-9-13-29)32-27(37)23(16(2)3)33-25(35)20(30)14-18-15-31-21-11-7-6-10-19(18)21/h6-7,10-11,15-17,20,22-24,31H,5,8-9,12-14,29-30H2,1-4H3,(H,32,37)(H,33,35)(H,34,36)(H,38,39). The highest BCUT2D eigenvalue weighted by Crippen LogP contribution is 2.19. The van der Waals surface area contributed by atoms with Crippen LogP contribution in [-0.2, 0) is 25.6 Å². The summed E-state index contributed by atoms with van der Waals surface area (Å²) in [5.74, 6) is -3.34. The average molecular weight is 545 g/mol. The van der Waals surface area contributed by atoms with Crippen LogP contribution in [0.4, 0.5) is 0 Å². The second-order valence-corrected chi connectivity index (χ2v) is 10.5. The molecule has 1 heterocycles. The summed E-state index contributed by atoms with van der Waals surface area (Å²) in [5, 5.41) is 18.6. The van der Waals surface area contributed by atoms with Gasteiger partial charge in [-0.25, -0.2) is 4.79 Å². The summed E-state index contributed by atoms with van der Waals surface area (Å²) in [6, 6.07) is 3.80. The van der Waals surface area contributed by atoms with Crippen LogP contribution < -0.4 is 27.4 Å². The summed E-state index contributed by atoms with van der Waals surface area (Å²) in [7, 11) is 0. The summed E-state index contributed by atoms with van der Waals surface area (Å²) in [4.78, 5) is 54.3. The Hall–Kier alpha value is -3.44. The SMILES string of the molecule is CCC(C)C(NC(=O)C(CCCCN)NC(=O)C(NC(=O)C(N)Cc1c[nH]c2ccccc12)C(C)C)C(=O)O. The van der Waals surface area contributed by atoms with Gasteiger partial charge in [-0.15, -0.1) is 0 Å². The molecule has 39 heavy (non-hydrogen) atoms. The molecule has 2 rings (SSSR count). The molecule has 0 saturated heterocycles. The highest BCUT2D eigenvalue weighted by Gasteiger charge is 2.32. The summed E-state index contributed by atoms with van der Waals surface area (Å²) < 4.78 is 0. The molecule has 0 radical (unpaired) electrons. The lowest BCUT2D eigenvalue weighted by Gasteiger charge is -2.28. The molecular weight excluding hydrogens is 500 g/mol. The van der Waals surface area contributed by atoms with Gasteiger partial charge in [0.05, 0.1) is 6.04 Å². The Bertz CT molecular complexity index is 1120. The Morgan fingerprint density at radius 1 is 0.949 bits per heavy atom. The van der Waals surface area contributed by atoms with E-state index in [1.54, 1.807) is 20.8 Å². The van der Waals surface area contributed by atoms with Crippen molar-refractivity contribution < 1.29 is 24.3 Å². The Labute approximate surface area is 229 Å². The molecule has 5 unspecified atom stereocenters. The fourth-order valence-corrected chi connectivity index (χ4v) is 4.39. The van der Waals surface area contributed by atoms with Crippen LogP contribution in [0.25, 0.3) is 10.9 Å². The van der Waals surface area contributed by atoms with Gasteiger partial charge in [0.1, 0.15) is 18.1 Å². The average Bonchev–Trinajstić information content (AvgIpc) is 3.31. The quantitative estimate of drug-likeness (QED) is 0.155. The third-order valence-corrected chi connectivity index (χ3v) is 7.06. The molecule has 5 atom stereocenters. The molecule has 0 aliphatic heterocycles. The molecule has 3 amide bonds. The van der Waals surface area contributed by atoms with Crippen LogP contribution >= 0.6 is 0 Å². The number of nitrogens with one attached hydrogen (secondary N) is 4. The molecular formula is C28H44N6O5. The Morgan fingerprint density at radius 2 is 1.62 bits per heavy atom. The van der Waals surface area contributed by atoms with E-state index < -0.39 is 47.9 Å². The molecule has 1 aromatic carbocycles. The summed E-state index contributed by atoms with van der Waals surface area (Å²) >= 11 is 0. The van der Waals surface area contributed by atoms with Crippen LogP contribution in [-0.4, -0.2) is 64.5 Å². The van der Waals surface area contributed by atoms with E-state index in [-0.39, 0.29) is 24.7 Å². The first-order chi connectivity index (χ1) is 18.5. The predicted octanol–water partition coefficient (Wildman–Crippen LogP) is 1.41. The number of hydrogen-bond donors (Lipinski definition) is 7. The largest absolute Gasteiger partial charge is 0.480 e. The van der Waals surface area contributed by atoms with E-state index in [0.717, 1.165) is 16.5 Å². The minimum atomic E-state index is -1.14. The zero-order chi connectivity index (χ0) is 29.1. The monoisotopic (exact) mass is 544 g/mol. The van der Waals surface area contributed by atoms with E-state index in [1.165, 1.54) is 0 Å². The molecule has 0 saturated carbocycles. The number of rotatable bonds is 16. The van der Waals surface area contributed by atoms with E-state index >= 15 is 0 Å². The number of nitrogens with two attached hydrogens (primary N) is 2. The van der Waals surface area contributed by atoms with Gasteiger partial charge in [0.25, 0.3) is 0 Å². The topological polar surface area (TPSA) is 192 Å². The first-order valence-electron chi connectivity index (χ1n) is 13.6. The number of carboxylic acid groups (broad SMARTS) is 1. The van der Waals surface area contributed by atoms with Crippen LogP contribution in [0.5, 0.6) is 0 Å². The van der Waals surface area contributed by atoms with Crippen molar-refractivity contribution in [2.45, 2.75) is 84.0 Å². The molecule has 0 aliphatic rings. The van der Waals surface area contributed by atoms with Crippen molar-refractivity contribution in [3.05, 3.63) is 36.0 Å². The van der Waals surface area contributed by atoms with Crippen molar-refractivity contribution in [2.75, 3.05) is 6.54 Å². The number of H-pyrrole nitrogens is 1. The van der Waals surface area contributed by atoms with E-state index in [1.807, 2.05) is 37.4 Å². The van der Waals surface area contributed by atoms with Gasteiger partial charge < -0.3 is 37.5 Å². The number of fused-ring (bicyclic) bond motifs is 1. The Balaban J connectivity index is 2.11. The van der Waals surface area contributed by atoms with Gasteiger partial charge in [-0.05, 0) is 55.7 Å². The second kappa shape index (κ2) is 15.2. The van der Waals surface area contributed by atoms with Crippen LogP contribution in [0.15, 0.2) is 30.5 Å². The lowest BCUT2D eigenvalue weighted by atomic mass is 9.98. The first kappa shape index (κ1) is 31.8. The molecule has 11 nitrogen and oxygen atoms in total. The number of para-hydroxylation sites is 1. The molecule has 0 bridgehead atoms. The van der Waals surface area contributed by atoms with Gasteiger partial charge in [-0.3, -0.25) is 14.4 Å². The van der Waals surface area contributed by atoms with E-state index in [0.29, 0.717) is 25.8 Å². The van der Waals surface area contributed by atoms with Gasteiger partial charge in [0.15, 0.2) is 0 Å². The van der Waals surface area contributed by atoms with Gasteiger partial charge in [-0.1, -0.05) is 52.3 Å². The maximum atomic E-state index is 13.3. The number of unbranched alkanes of at least 4 members (excludes halogenated alkanes) is 1. The molecule has 1 aromatic heterocycles. The van der Waals surface area contributed by atoms with E-state index in [4.69, 9.17) is 11.5 Å². The lowest BCUT2D eigenvalue weighted by Crippen LogP contribution is -2.59. The molecule has 0 spiro atoms. The normalized spacial score (nSPS) is 15.3. The number of carbonyl (C=O) groups is 4. The zero-order valence-electron chi connectivity index (χ0n) is 23.3. The third kappa shape index (κ3) is 9.07. The number of carboxylic acids is 1. The minimum absolute atomic E-state index is 0.276. The van der Waals surface area contributed by atoms with Crippen LogP contribution in [0.1, 0.15) is 58.9 Å². The molecule has 11 heteroatoms. The highest BCUT2D eigenvalue weighted by atomic mass is 16.4. The van der Waals surface area contributed by atoms with Crippen molar-refractivity contribution in [1.82, 2.24) is 20.9 Å². The summed E-state index contributed by atoms with van der Waals surface area (Å²) in [6.07, 6.45) is 4.13. The lowest BCUT2D eigenvalue weighted by molar-refractivity contribution is -0.144. The minimum Gasteiger partial charge on any atom is -0.480 e. The molecule has 0 aliphatic carbocycles. The number of amides is 3. The van der Waals surface area contributed by atoms with Crippen molar-refractivity contribution in [1.29, 1.82) is 0 Å². The fraction of sp³-hybridized carbons (Fsp3) is 0.571. The van der Waals surface area contributed by atoms with Crippen molar-refractivity contribution in [3.8, 4) is 0 Å². The van der Waals surface area contributed by atoms with Gasteiger partial charge in [0, 0.05) is 17.1 Å². The number of aromatic amines is 1. The fourth-order valence-electron chi connectivity index (χ4n) is 4.39. The predicted molar refractivity (Wildman–Crippen MR) is 151 cm³/mol. The Morgan fingerprint density at radius 3 is 2.23 bits per heavy atom. The third-order valence-electron chi connectivity index (χ3n) is 7.06. The second-order valence-electron chi connectivity index (χ2n) is 10.5. The summed E-state index contributed by atoms with van der Waals surface area (Å²) in [6.45, 7) is 7.56. The van der Waals surface area contributed by atoms with Crippen molar-refractivity contribution in [3.63, 3.8) is 0 Å². The van der Waals surface area contributed by atoms with Crippen LogP contribution in [0.2, 0.25) is 0 Å². The van der Waals surface area contributed by atoms with E-state index in [9.17, 15) is 24.3 Å².